The fourth-order valence-electron chi connectivity index (χ4n) is 2.27. The molecule has 0 aliphatic rings. The van der Waals surface area contributed by atoms with Crippen molar-refractivity contribution in [2.24, 2.45) is 5.92 Å². The zero-order valence-corrected chi connectivity index (χ0v) is 14.9. The molecular formula is C20H25N3O2. The predicted octanol–water partition coefficient (Wildman–Crippen LogP) is 3.57. The molecule has 0 aliphatic heterocycles. The minimum atomic E-state index is -0.130. The Kier molecular flexibility index (Phi) is 6.71. The van der Waals surface area contributed by atoms with Crippen molar-refractivity contribution in [3.63, 3.8) is 0 Å². The third-order valence-electron chi connectivity index (χ3n) is 3.81. The first-order chi connectivity index (χ1) is 12.0. The maximum absolute atomic E-state index is 12.1. The molecule has 0 aromatic heterocycles. The SMILES string of the molecule is CC(C)C(=O)Nc1cccc(NC(=O)CNC(C)c2ccccc2)c1. The van der Waals surface area contributed by atoms with E-state index in [-0.39, 0.29) is 30.3 Å². The van der Waals surface area contributed by atoms with E-state index in [1.54, 1.807) is 24.3 Å². The van der Waals surface area contributed by atoms with Crippen LogP contribution in [0, 0.1) is 5.92 Å². The zero-order valence-electron chi connectivity index (χ0n) is 14.9. The number of amides is 2. The summed E-state index contributed by atoms with van der Waals surface area (Å²) in [6, 6.07) is 17.2. The molecule has 2 aromatic rings. The number of carbonyl (C=O) groups is 2. The van der Waals surface area contributed by atoms with Gasteiger partial charge in [0.25, 0.3) is 0 Å². The Morgan fingerprint density at radius 2 is 1.52 bits per heavy atom. The summed E-state index contributed by atoms with van der Waals surface area (Å²) in [5.41, 5.74) is 2.46. The van der Waals surface area contributed by atoms with Crippen LogP contribution in [0.1, 0.15) is 32.4 Å². The molecule has 1 atom stereocenters. The Hall–Kier alpha value is -2.66. The zero-order chi connectivity index (χ0) is 18.2. The first kappa shape index (κ1) is 18.7. The van der Waals surface area contributed by atoms with Gasteiger partial charge in [0.15, 0.2) is 0 Å². The largest absolute Gasteiger partial charge is 0.326 e. The fraction of sp³-hybridized carbons (Fsp3) is 0.300. The summed E-state index contributed by atoms with van der Waals surface area (Å²) in [6.45, 7) is 5.89. The Balaban J connectivity index is 1.87. The average Bonchev–Trinajstić information content (AvgIpc) is 2.60. The van der Waals surface area contributed by atoms with Crippen LogP contribution < -0.4 is 16.0 Å². The van der Waals surface area contributed by atoms with Gasteiger partial charge in [-0.05, 0) is 30.7 Å². The lowest BCUT2D eigenvalue weighted by atomic mass is 10.1. The van der Waals surface area contributed by atoms with Gasteiger partial charge in [-0.3, -0.25) is 9.59 Å². The summed E-state index contributed by atoms with van der Waals surface area (Å²) in [5, 5.41) is 8.86. The molecule has 0 heterocycles. The van der Waals surface area contributed by atoms with Gasteiger partial charge < -0.3 is 16.0 Å². The van der Waals surface area contributed by atoms with Crippen LogP contribution in [-0.4, -0.2) is 18.4 Å². The molecule has 2 aromatic carbocycles. The van der Waals surface area contributed by atoms with Gasteiger partial charge in [0.2, 0.25) is 11.8 Å². The number of rotatable bonds is 7. The lowest BCUT2D eigenvalue weighted by molar-refractivity contribution is -0.119. The monoisotopic (exact) mass is 339 g/mol. The predicted molar refractivity (Wildman–Crippen MR) is 101 cm³/mol. The Labute approximate surface area is 148 Å². The van der Waals surface area contributed by atoms with E-state index >= 15 is 0 Å². The Morgan fingerprint density at radius 1 is 0.880 bits per heavy atom. The second-order valence-corrected chi connectivity index (χ2v) is 6.29. The molecule has 0 radical (unpaired) electrons. The van der Waals surface area contributed by atoms with Gasteiger partial charge in [-0.2, -0.15) is 0 Å². The summed E-state index contributed by atoms with van der Waals surface area (Å²) in [5.74, 6) is -0.279. The van der Waals surface area contributed by atoms with Crippen LogP contribution in [0.25, 0.3) is 0 Å². The fourth-order valence-corrected chi connectivity index (χ4v) is 2.27. The van der Waals surface area contributed by atoms with Gasteiger partial charge in [-0.25, -0.2) is 0 Å². The van der Waals surface area contributed by atoms with Crippen molar-refractivity contribution in [2.75, 3.05) is 17.2 Å². The second kappa shape index (κ2) is 8.99. The number of nitrogens with one attached hydrogen (secondary N) is 3. The molecule has 0 spiro atoms. The first-order valence-corrected chi connectivity index (χ1v) is 8.45. The maximum Gasteiger partial charge on any atom is 0.238 e. The van der Waals surface area contributed by atoms with Crippen LogP contribution in [0.15, 0.2) is 54.6 Å². The van der Waals surface area contributed by atoms with Gasteiger partial charge in [0.05, 0.1) is 6.54 Å². The highest BCUT2D eigenvalue weighted by Gasteiger charge is 2.09. The third kappa shape index (κ3) is 6.04. The van der Waals surface area contributed by atoms with Crippen molar-refractivity contribution >= 4 is 23.2 Å². The molecule has 0 bridgehead atoms. The van der Waals surface area contributed by atoms with Crippen molar-refractivity contribution in [3.8, 4) is 0 Å². The molecule has 5 heteroatoms. The van der Waals surface area contributed by atoms with Gasteiger partial charge in [0.1, 0.15) is 0 Å². The van der Waals surface area contributed by atoms with E-state index in [0.29, 0.717) is 11.4 Å². The quantitative estimate of drug-likeness (QED) is 0.722. The van der Waals surface area contributed by atoms with Crippen LogP contribution in [0.3, 0.4) is 0 Å². The lowest BCUT2D eigenvalue weighted by Crippen LogP contribution is -2.30. The van der Waals surface area contributed by atoms with Gasteiger partial charge in [-0.15, -0.1) is 0 Å². The van der Waals surface area contributed by atoms with E-state index in [1.165, 1.54) is 0 Å². The maximum atomic E-state index is 12.1. The molecule has 0 saturated heterocycles. The second-order valence-electron chi connectivity index (χ2n) is 6.29. The van der Waals surface area contributed by atoms with E-state index < -0.39 is 0 Å². The minimum absolute atomic E-state index is 0.0539. The highest BCUT2D eigenvalue weighted by Crippen LogP contribution is 2.16. The van der Waals surface area contributed by atoms with Gasteiger partial charge >= 0.3 is 0 Å². The van der Waals surface area contributed by atoms with Crippen LogP contribution in [0.2, 0.25) is 0 Å². The highest BCUT2D eigenvalue weighted by atomic mass is 16.2. The number of hydrogen-bond acceptors (Lipinski definition) is 3. The molecule has 5 nitrogen and oxygen atoms in total. The van der Waals surface area contributed by atoms with Crippen LogP contribution in [0.4, 0.5) is 11.4 Å². The van der Waals surface area contributed by atoms with E-state index in [9.17, 15) is 9.59 Å². The number of benzene rings is 2. The molecule has 1 unspecified atom stereocenters. The van der Waals surface area contributed by atoms with Crippen molar-refractivity contribution < 1.29 is 9.59 Å². The molecule has 25 heavy (non-hydrogen) atoms. The number of anilines is 2. The first-order valence-electron chi connectivity index (χ1n) is 8.45. The van der Waals surface area contributed by atoms with Crippen LogP contribution >= 0.6 is 0 Å². The highest BCUT2D eigenvalue weighted by molar-refractivity contribution is 5.95. The van der Waals surface area contributed by atoms with Crippen molar-refractivity contribution in [1.29, 1.82) is 0 Å². The smallest absolute Gasteiger partial charge is 0.238 e. The molecule has 0 fully saturated rings. The number of hydrogen-bond donors (Lipinski definition) is 3. The van der Waals surface area contributed by atoms with Crippen LogP contribution in [-0.2, 0) is 9.59 Å². The lowest BCUT2D eigenvalue weighted by Gasteiger charge is -2.14. The Morgan fingerprint density at radius 3 is 2.16 bits per heavy atom. The summed E-state index contributed by atoms with van der Waals surface area (Å²) in [4.78, 5) is 23.9. The molecule has 3 N–H and O–H groups in total. The van der Waals surface area contributed by atoms with Gasteiger partial charge in [-0.1, -0.05) is 50.2 Å². The summed E-state index contributed by atoms with van der Waals surface area (Å²) < 4.78 is 0. The minimum Gasteiger partial charge on any atom is -0.326 e. The summed E-state index contributed by atoms with van der Waals surface area (Å²) in [7, 11) is 0. The molecule has 0 aliphatic carbocycles. The molecule has 0 saturated carbocycles. The molecule has 2 rings (SSSR count). The van der Waals surface area contributed by atoms with Crippen molar-refractivity contribution in [2.45, 2.75) is 26.8 Å². The van der Waals surface area contributed by atoms with E-state index in [2.05, 4.69) is 16.0 Å². The van der Waals surface area contributed by atoms with Crippen molar-refractivity contribution in [1.82, 2.24) is 5.32 Å². The van der Waals surface area contributed by atoms with E-state index in [4.69, 9.17) is 0 Å². The number of carbonyl (C=O) groups excluding carboxylic acids is 2. The Bertz CT molecular complexity index is 714. The van der Waals surface area contributed by atoms with E-state index in [1.807, 2.05) is 51.1 Å². The van der Waals surface area contributed by atoms with Crippen molar-refractivity contribution in [3.05, 3.63) is 60.2 Å². The normalized spacial score (nSPS) is 11.8. The van der Waals surface area contributed by atoms with Gasteiger partial charge in [0, 0.05) is 23.3 Å². The van der Waals surface area contributed by atoms with Crippen LogP contribution in [0.5, 0.6) is 0 Å². The standard InChI is InChI=1S/C20H25N3O2/c1-14(2)20(25)23-18-11-7-10-17(12-18)22-19(24)13-21-15(3)16-8-5-4-6-9-16/h4-12,14-15,21H,13H2,1-3H3,(H,22,24)(H,23,25). The summed E-state index contributed by atoms with van der Waals surface area (Å²) in [6.07, 6.45) is 0. The molecule has 2 amide bonds. The van der Waals surface area contributed by atoms with E-state index in [0.717, 1.165) is 5.56 Å². The topological polar surface area (TPSA) is 70.2 Å². The molecule has 132 valence electrons. The average molecular weight is 339 g/mol. The molecular weight excluding hydrogens is 314 g/mol. The third-order valence-corrected chi connectivity index (χ3v) is 3.81. The summed E-state index contributed by atoms with van der Waals surface area (Å²) >= 11 is 0.